The van der Waals surface area contributed by atoms with Crippen molar-refractivity contribution in [1.29, 1.82) is 0 Å². The largest absolute Gasteiger partial charge is 0.208 e. The van der Waals surface area contributed by atoms with Crippen molar-refractivity contribution in [3.05, 3.63) is 211 Å². The maximum Gasteiger partial charge on any atom is 0.180 e. The van der Waals surface area contributed by atoms with E-state index in [1.165, 1.54) is 48.6 Å². The number of rotatable bonds is 7. The average molecular weight is 746 g/mol. The third-order valence-electron chi connectivity index (χ3n) is 11.4. The molecule has 8 aromatic carbocycles. The molecule has 0 amide bonds. The van der Waals surface area contributed by atoms with Crippen LogP contribution in [0.2, 0.25) is 0 Å². The van der Waals surface area contributed by atoms with E-state index in [1.54, 1.807) is 0 Å². The monoisotopic (exact) mass is 745 g/mol. The number of aryl methyl sites for hydroxylation is 2. The molecule has 0 saturated carbocycles. The molecule has 0 unspecified atom stereocenters. The first-order valence-electron chi connectivity index (χ1n) is 19.5. The Kier molecular flexibility index (Phi) is 8.62. The second-order valence-electron chi connectivity index (χ2n) is 14.9. The molecule has 2 heterocycles. The van der Waals surface area contributed by atoms with Gasteiger partial charge in [-0.25, -0.2) is 15.0 Å². The molecular formula is C53H39N3Si. The third kappa shape index (κ3) is 6.02. The number of benzene rings is 8. The van der Waals surface area contributed by atoms with Crippen LogP contribution in [0.5, 0.6) is 0 Å². The summed E-state index contributed by atoms with van der Waals surface area (Å²) >= 11 is 0. The van der Waals surface area contributed by atoms with E-state index in [9.17, 15) is 0 Å². The van der Waals surface area contributed by atoms with Gasteiger partial charge in [0.05, 0.1) is 0 Å². The van der Waals surface area contributed by atoms with E-state index in [4.69, 9.17) is 15.0 Å². The van der Waals surface area contributed by atoms with Crippen LogP contribution in [0.1, 0.15) is 11.1 Å². The Morgan fingerprint density at radius 3 is 1.33 bits per heavy atom. The molecule has 0 fully saturated rings. The van der Waals surface area contributed by atoms with Gasteiger partial charge in [0, 0.05) is 16.7 Å². The number of nitrogens with zero attached hydrogens (tertiary/aromatic N) is 3. The predicted octanol–water partition coefficient (Wildman–Crippen LogP) is 10.2. The molecule has 0 atom stereocenters. The minimum atomic E-state index is -2.71. The van der Waals surface area contributed by atoms with Gasteiger partial charge in [-0.3, -0.25) is 0 Å². The van der Waals surface area contributed by atoms with Gasteiger partial charge in [-0.15, -0.1) is 0 Å². The summed E-state index contributed by atoms with van der Waals surface area (Å²) in [6, 6.07) is 72.5. The maximum absolute atomic E-state index is 5.22. The van der Waals surface area contributed by atoms with E-state index in [2.05, 4.69) is 190 Å². The van der Waals surface area contributed by atoms with Gasteiger partial charge in [0.25, 0.3) is 0 Å². The Labute approximate surface area is 335 Å². The SMILES string of the molecule is Cc1ccc([Si]2(c3ccc(C)cc3)c3ccccc3-c3ccc(-c4ccccc4-c4nc(-c5ccccc5)nc(-c5ccc(-c6ccccc6)cc5)n4)cc32)cc1. The Balaban J connectivity index is 1.16. The summed E-state index contributed by atoms with van der Waals surface area (Å²) in [5.74, 6) is 1.93. The second kappa shape index (κ2) is 14.2. The molecule has 4 heteroatoms. The standard InChI is InChI=1S/C53H39N3Si/c1-36-21-30-43(31-22-36)57(44-32-23-37(2)24-33-44)49-20-12-11-18-46(49)47-34-29-42(35-50(47)57)45-17-9-10-19-48(45)53-55-51(40-15-7-4-8-16-40)54-52(56-53)41-27-25-39(26-28-41)38-13-5-3-6-14-38/h3-35H,1-2H3. The zero-order valence-electron chi connectivity index (χ0n) is 31.9. The van der Waals surface area contributed by atoms with Crippen molar-refractivity contribution in [2.45, 2.75) is 13.8 Å². The fourth-order valence-electron chi connectivity index (χ4n) is 8.56. The van der Waals surface area contributed by atoms with Gasteiger partial charge in [0.1, 0.15) is 0 Å². The second-order valence-corrected chi connectivity index (χ2v) is 18.7. The Morgan fingerprint density at radius 2 is 0.719 bits per heavy atom. The van der Waals surface area contributed by atoms with Crippen LogP contribution in [0.15, 0.2) is 200 Å². The van der Waals surface area contributed by atoms with Gasteiger partial charge in [0.15, 0.2) is 25.5 Å². The quantitative estimate of drug-likeness (QED) is 0.153. The van der Waals surface area contributed by atoms with E-state index < -0.39 is 8.07 Å². The molecule has 0 aliphatic carbocycles. The van der Waals surface area contributed by atoms with E-state index in [-0.39, 0.29) is 0 Å². The van der Waals surface area contributed by atoms with E-state index in [0.717, 1.165) is 33.4 Å². The van der Waals surface area contributed by atoms with Crippen LogP contribution in [0, 0.1) is 13.8 Å². The first kappa shape index (κ1) is 34.5. The van der Waals surface area contributed by atoms with Gasteiger partial charge in [0.2, 0.25) is 0 Å². The van der Waals surface area contributed by atoms with Gasteiger partial charge in [-0.05, 0) is 68.0 Å². The van der Waals surface area contributed by atoms with Crippen molar-refractivity contribution in [2.75, 3.05) is 0 Å². The van der Waals surface area contributed by atoms with Crippen molar-refractivity contribution < 1.29 is 0 Å². The van der Waals surface area contributed by atoms with Crippen LogP contribution in [0.4, 0.5) is 0 Å². The van der Waals surface area contributed by atoms with E-state index >= 15 is 0 Å². The Morgan fingerprint density at radius 1 is 0.298 bits per heavy atom. The molecule has 0 radical (unpaired) electrons. The predicted molar refractivity (Wildman–Crippen MR) is 239 cm³/mol. The summed E-state index contributed by atoms with van der Waals surface area (Å²) in [5, 5.41) is 5.62. The van der Waals surface area contributed by atoms with Gasteiger partial charge >= 0.3 is 0 Å². The molecule has 3 nitrogen and oxygen atoms in total. The van der Waals surface area contributed by atoms with Gasteiger partial charge in [-0.2, -0.15) is 0 Å². The summed E-state index contributed by atoms with van der Waals surface area (Å²) in [6.07, 6.45) is 0. The van der Waals surface area contributed by atoms with Crippen LogP contribution in [-0.2, 0) is 0 Å². The molecular weight excluding hydrogens is 707 g/mol. The van der Waals surface area contributed by atoms with Gasteiger partial charge < -0.3 is 0 Å². The zero-order valence-corrected chi connectivity index (χ0v) is 32.9. The highest BCUT2D eigenvalue weighted by Crippen LogP contribution is 2.36. The minimum Gasteiger partial charge on any atom is -0.208 e. The number of hydrogen-bond acceptors (Lipinski definition) is 3. The number of aromatic nitrogens is 3. The number of fused-ring (bicyclic) bond motifs is 3. The lowest BCUT2D eigenvalue weighted by molar-refractivity contribution is 1.07. The minimum absolute atomic E-state index is 0.642. The Hall–Kier alpha value is -7.01. The van der Waals surface area contributed by atoms with Crippen molar-refractivity contribution >= 4 is 28.8 Å². The lowest BCUT2D eigenvalue weighted by Crippen LogP contribution is -2.72. The molecule has 0 spiro atoms. The Bertz CT molecular complexity index is 2840. The first-order chi connectivity index (χ1) is 28.1. The summed E-state index contributed by atoms with van der Waals surface area (Å²) in [6.45, 7) is 4.34. The molecule has 270 valence electrons. The smallest absolute Gasteiger partial charge is 0.180 e. The molecule has 1 aliphatic heterocycles. The van der Waals surface area contributed by atoms with E-state index in [0.29, 0.717) is 17.5 Å². The molecule has 57 heavy (non-hydrogen) atoms. The summed E-state index contributed by atoms with van der Waals surface area (Å²) < 4.78 is 0. The van der Waals surface area contributed by atoms with Crippen molar-refractivity contribution in [1.82, 2.24) is 15.0 Å². The first-order valence-corrected chi connectivity index (χ1v) is 21.5. The van der Waals surface area contributed by atoms with Crippen LogP contribution < -0.4 is 20.7 Å². The van der Waals surface area contributed by atoms with E-state index in [1.807, 2.05) is 24.3 Å². The van der Waals surface area contributed by atoms with Crippen molar-refractivity contribution in [3.63, 3.8) is 0 Å². The summed E-state index contributed by atoms with van der Waals surface area (Å²) in [5.41, 5.74) is 12.6. The third-order valence-corrected chi connectivity index (χ3v) is 16.3. The van der Waals surface area contributed by atoms with Crippen LogP contribution in [0.3, 0.4) is 0 Å². The van der Waals surface area contributed by atoms with Crippen LogP contribution in [-0.4, -0.2) is 23.0 Å². The fraction of sp³-hybridized carbons (Fsp3) is 0.0377. The topological polar surface area (TPSA) is 38.7 Å². The van der Waals surface area contributed by atoms with Gasteiger partial charge in [-0.1, -0.05) is 211 Å². The maximum atomic E-state index is 5.22. The fourth-order valence-corrected chi connectivity index (χ4v) is 13.7. The molecule has 1 aromatic heterocycles. The molecule has 10 rings (SSSR count). The zero-order chi connectivity index (χ0) is 38.3. The van der Waals surface area contributed by atoms with Crippen LogP contribution in [0.25, 0.3) is 67.5 Å². The van der Waals surface area contributed by atoms with Crippen LogP contribution >= 0.6 is 0 Å². The summed E-state index contributed by atoms with van der Waals surface area (Å²) in [4.78, 5) is 15.5. The normalized spacial score (nSPS) is 12.5. The summed E-state index contributed by atoms with van der Waals surface area (Å²) in [7, 11) is -2.71. The number of hydrogen-bond donors (Lipinski definition) is 0. The molecule has 0 N–H and O–H groups in total. The molecule has 0 saturated heterocycles. The highest BCUT2D eigenvalue weighted by atomic mass is 28.3. The lowest BCUT2D eigenvalue weighted by atomic mass is 9.96. The molecule has 9 aromatic rings. The highest BCUT2D eigenvalue weighted by Gasteiger charge is 2.48. The average Bonchev–Trinajstić information content (AvgIpc) is 3.57. The highest BCUT2D eigenvalue weighted by molar-refractivity contribution is 7.22. The molecule has 1 aliphatic rings. The molecule has 0 bridgehead atoms. The van der Waals surface area contributed by atoms with Crippen molar-refractivity contribution in [2.24, 2.45) is 0 Å². The van der Waals surface area contributed by atoms with Crippen molar-refractivity contribution in [3.8, 4) is 67.5 Å². The lowest BCUT2D eigenvalue weighted by Gasteiger charge is -2.32.